The van der Waals surface area contributed by atoms with Crippen molar-refractivity contribution < 1.29 is 17.7 Å². The van der Waals surface area contributed by atoms with E-state index in [2.05, 4.69) is 20.0 Å². The van der Waals surface area contributed by atoms with Gasteiger partial charge in [-0.1, -0.05) is 5.16 Å². The first-order chi connectivity index (χ1) is 11.8. The number of hydrogen-bond donors (Lipinski definition) is 0. The molecule has 1 fully saturated rings. The van der Waals surface area contributed by atoms with Crippen LogP contribution in [0, 0.1) is 5.92 Å². The SMILES string of the molecule is CC(c1ncno1)N1CCC(Cn2cnc(C(F)(F)F)cc2=O)CC1. The van der Waals surface area contributed by atoms with E-state index in [0.717, 1.165) is 32.3 Å². The van der Waals surface area contributed by atoms with Crippen molar-refractivity contribution in [3.05, 3.63) is 40.7 Å². The van der Waals surface area contributed by atoms with Crippen LogP contribution in [-0.2, 0) is 12.7 Å². The van der Waals surface area contributed by atoms with Gasteiger partial charge in [-0.3, -0.25) is 14.3 Å². The monoisotopic (exact) mass is 357 g/mol. The lowest BCUT2D eigenvalue weighted by molar-refractivity contribution is -0.141. The van der Waals surface area contributed by atoms with E-state index in [-0.39, 0.29) is 12.0 Å². The minimum atomic E-state index is -4.60. The van der Waals surface area contributed by atoms with E-state index in [1.807, 2.05) is 6.92 Å². The topological polar surface area (TPSA) is 77.1 Å². The Balaban J connectivity index is 1.58. The van der Waals surface area contributed by atoms with Crippen LogP contribution < -0.4 is 5.56 Å². The van der Waals surface area contributed by atoms with Gasteiger partial charge in [0.15, 0.2) is 12.0 Å². The molecule has 2 aromatic heterocycles. The second-order valence-corrected chi connectivity index (χ2v) is 6.20. The highest BCUT2D eigenvalue weighted by Crippen LogP contribution is 2.27. The third-order valence-electron chi connectivity index (χ3n) is 4.56. The zero-order valence-electron chi connectivity index (χ0n) is 13.6. The van der Waals surface area contributed by atoms with Crippen LogP contribution in [-0.4, -0.2) is 37.7 Å². The van der Waals surface area contributed by atoms with Gasteiger partial charge in [-0.25, -0.2) is 4.98 Å². The Morgan fingerprint density at radius 1 is 1.32 bits per heavy atom. The quantitative estimate of drug-likeness (QED) is 0.834. The van der Waals surface area contributed by atoms with Crippen molar-refractivity contribution in [3.63, 3.8) is 0 Å². The Kier molecular flexibility index (Phi) is 4.89. The van der Waals surface area contributed by atoms with E-state index in [1.54, 1.807) is 0 Å². The van der Waals surface area contributed by atoms with Gasteiger partial charge >= 0.3 is 6.18 Å². The van der Waals surface area contributed by atoms with Crippen LogP contribution in [0.25, 0.3) is 0 Å². The highest BCUT2D eigenvalue weighted by Gasteiger charge is 2.33. The van der Waals surface area contributed by atoms with Crippen LogP contribution >= 0.6 is 0 Å². The zero-order chi connectivity index (χ0) is 18.0. The van der Waals surface area contributed by atoms with Crippen LogP contribution in [0.2, 0.25) is 0 Å². The molecule has 0 aromatic carbocycles. The average molecular weight is 357 g/mol. The maximum atomic E-state index is 12.6. The van der Waals surface area contributed by atoms with Crippen molar-refractivity contribution >= 4 is 0 Å². The summed E-state index contributed by atoms with van der Waals surface area (Å²) in [7, 11) is 0. The molecule has 0 saturated carbocycles. The molecule has 1 unspecified atom stereocenters. The summed E-state index contributed by atoms with van der Waals surface area (Å²) in [5, 5.41) is 3.61. The first-order valence-electron chi connectivity index (χ1n) is 7.99. The fraction of sp³-hybridized carbons (Fsp3) is 0.600. The van der Waals surface area contributed by atoms with Gasteiger partial charge in [0.2, 0.25) is 5.89 Å². The van der Waals surface area contributed by atoms with Crippen LogP contribution in [0.3, 0.4) is 0 Å². The molecule has 3 heterocycles. The number of piperidine rings is 1. The Morgan fingerprint density at radius 2 is 2.04 bits per heavy atom. The van der Waals surface area contributed by atoms with E-state index in [0.29, 0.717) is 18.5 Å². The van der Waals surface area contributed by atoms with Crippen molar-refractivity contribution in [3.8, 4) is 0 Å². The first kappa shape index (κ1) is 17.6. The smallest absolute Gasteiger partial charge is 0.338 e. The second kappa shape index (κ2) is 6.95. The second-order valence-electron chi connectivity index (χ2n) is 6.20. The van der Waals surface area contributed by atoms with Crippen LogP contribution in [0.4, 0.5) is 13.2 Å². The molecule has 0 amide bonds. The molecule has 1 atom stereocenters. The van der Waals surface area contributed by atoms with Gasteiger partial charge in [0, 0.05) is 12.6 Å². The van der Waals surface area contributed by atoms with Gasteiger partial charge in [0.05, 0.1) is 12.4 Å². The third-order valence-corrected chi connectivity index (χ3v) is 4.56. The molecule has 1 aliphatic rings. The molecule has 1 saturated heterocycles. The summed E-state index contributed by atoms with van der Waals surface area (Å²) in [6.45, 7) is 3.93. The third kappa shape index (κ3) is 4.06. The van der Waals surface area contributed by atoms with E-state index >= 15 is 0 Å². The number of aromatic nitrogens is 4. The van der Waals surface area contributed by atoms with Gasteiger partial charge in [0.25, 0.3) is 5.56 Å². The molecule has 0 spiro atoms. The lowest BCUT2D eigenvalue weighted by atomic mass is 9.95. The molecular formula is C15H18F3N5O2. The van der Waals surface area contributed by atoms with Gasteiger partial charge in [-0.05, 0) is 38.8 Å². The van der Waals surface area contributed by atoms with Crippen LogP contribution in [0.15, 0.2) is 28.0 Å². The molecule has 0 radical (unpaired) electrons. The Morgan fingerprint density at radius 3 is 2.60 bits per heavy atom. The molecule has 3 rings (SSSR count). The van der Waals surface area contributed by atoms with Gasteiger partial charge in [-0.15, -0.1) is 0 Å². The van der Waals surface area contributed by atoms with Gasteiger partial charge in [0.1, 0.15) is 0 Å². The fourth-order valence-corrected chi connectivity index (χ4v) is 3.04. The maximum absolute atomic E-state index is 12.6. The fourth-order valence-electron chi connectivity index (χ4n) is 3.04. The van der Waals surface area contributed by atoms with Crippen molar-refractivity contribution in [2.24, 2.45) is 5.92 Å². The Labute approximate surface area is 141 Å². The molecule has 7 nitrogen and oxygen atoms in total. The molecule has 136 valence electrons. The molecule has 10 heteroatoms. The van der Waals surface area contributed by atoms with Gasteiger partial charge < -0.3 is 4.52 Å². The molecule has 0 aliphatic carbocycles. The highest BCUT2D eigenvalue weighted by atomic mass is 19.4. The minimum Gasteiger partial charge on any atom is -0.338 e. The molecule has 1 aliphatic heterocycles. The number of likely N-dealkylation sites (tertiary alicyclic amines) is 1. The largest absolute Gasteiger partial charge is 0.433 e. The molecular weight excluding hydrogens is 339 g/mol. The maximum Gasteiger partial charge on any atom is 0.433 e. The molecule has 25 heavy (non-hydrogen) atoms. The predicted octanol–water partition coefficient (Wildman–Crippen LogP) is 2.12. The zero-order valence-corrected chi connectivity index (χ0v) is 13.6. The van der Waals surface area contributed by atoms with Gasteiger partial charge in [-0.2, -0.15) is 18.2 Å². The lowest BCUT2D eigenvalue weighted by Gasteiger charge is -2.34. The summed E-state index contributed by atoms with van der Waals surface area (Å²) in [4.78, 5) is 21.5. The van der Waals surface area contributed by atoms with Crippen LogP contribution in [0.1, 0.15) is 37.4 Å². The summed E-state index contributed by atoms with van der Waals surface area (Å²) < 4.78 is 44.0. The van der Waals surface area contributed by atoms with E-state index in [9.17, 15) is 18.0 Å². The van der Waals surface area contributed by atoms with Crippen molar-refractivity contribution in [1.82, 2.24) is 24.6 Å². The Hall–Kier alpha value is -2.23. The highest BCUT2D eigenvalue weighted by molar-refractivity contribution is 5.03. The summed E-state index contributed by atoms with van der Waals surface area (Å²) in [6.07, 6.45) is -0.604. The van der Waals surface area contributed by atoms with Crippen molar-refractivity contribution in [1.29, 1.82) is 0 Å². The first-order valence-corrected chi connectivity index (χ1v) is 7.99. The number of hydrogen-bond acceptors (Lipinski definition) is 6. The predicted molar refractivity (Wildman–Crippen MR) is 80.5 cm³/mol. The van der Waals surface area contributed by atoms with Crippen LogP contribution in [0.5, 0.6) is 0 Å². The average Bonchev–Trinajstić information content (AvgIpc) is 3.10. The van der Waals surface area contributed by atoms with Crippen molar-refractivity contribution in [2.45, 2.75) is 38.5 Å². The van der Waals surface area contributed by atoms with E-state index in [1.165, 1.54) is 10.9 Å². The normalized spacial score (nSPS) is 18.4. The molecule has 0 N–H and O–H groups in total. The lowest BCUT2D eigenvalue weighted by Crippen LogP contribution is -2.38. The number of halogens is 3. The van der Waals surface area contributed by atoms with Crippen molar-refractivity contribution in [2.75, 3.05) is 13.1 Å². The Bertz CT molecular complexity index is 751. The summed E-state index contributed by atoms with van der Waals surface area (Å²) in [5.74, 6) is 0.768. The minimum absolute atomic E-state index is 0.0129. The standard InChI is InChI=1S/C15H18F3N5O2/c1-10(14-19-8-21-25-14)22-4-2-11(3-5-22)7-23-9-20-12(6-13(23)24)15(16,17)18/h6,8-11H,2-5,7H2,1H3. The van der Waals surface area contributed by atoms with E-state index in [4.69, 9.17) is 4.52 Å². The van der Waals surface area contributed by atoms with E-state index < -0.39 is 17.4 Å². The summed E-state index contributed by atoms with van der Waals surface area (Å²) in [6, 6.07) is 0.561. The number of alkyl halides is 3. The molecule has 0 bridgehead atoms. The number of nitrogens with zero attached hydrogens (tertiary/aromatic N) is 5. The molecule has 2 aromatic rings. The number of rotatable bonds is 4. The summed E-state index contributed by atoms with van der Waals surface area (Å²) >= 11 is 0. The summed E-state index contributed by atoms with van der Waals surface area (Å²) in [5.41, 5.74) is -1.83.